The predicted molar refractivity (Wildman–Crippen MR) is 95.2 cm³/mol. The maximum absolute atomic E-state index is 12.4. The fraction of sp³-hybridized carbons (Fsp3) is 0.647. The Morgan fingerprint density at radius 3 is 2.85 bits per heavy atom. The van der Waals surface area contributed by atoms with Crippen molar-refractivity contribution in [2.45, 2.75) is 13.0 Å². The first-order valence-corrected chi connectivity index (χ1v) is 9.04. The number of morpholine rings is 1. The van der Waals surface area contributed by atoms with Gasteiger partial charge in [0, 0.05) is 39.1 Å². The zero-order valence-electron chi connectivity index (χ0n) is 15.4. The molecular formula is C17H25N5O5. The van der Waals surface area contributed by atoms with Gasteiger partial charge in [-0.25, -0.2) is 4.98 Å². The smallest absolute Gasteiger partial charge is 0.293 e. The van der Waals surface area contributed by atoms with Gasteiger partial charge in [-0.3, -0.25) is 19.3 Å². The van der Waals surface area contributed by atoms with E-state index in [9.17, 15) is 14.4 Å². The van der Waals surface area contributed by atoms with Gasteiger partial charge in [0.25, 0.3) is 5.56 Å². The molecule has 10 nitrogen and oxygen atoms in total. The van der Waals surface area contributed by atoms with Crippen LogP contribution in [0.25, 0.3) is 0 Å². The molecule has 1 atom stereocenters. The van der Waals surface area contributed by atoms with Crippen LogP contribution < -0.4 is 15.6 Å². The normalized spacial score (nSPS) is 20.7. The van der Waals surface area contributed by atoms with Crippen LogP contribution in [0.5, 0.6) is 5.75 Å². The van der Waals surface area contributed by atoms with Crippen LogP contribution in [0.4, 0.5) is 0 Å². The zero-order valence-corrected chi connectivity index (χ0v) is 15.4. The number of nitrogens with one attached hydrogen (secondary N) is 2. The summed E-state index contributed by atoms with van der Waals surface area (Å²) >= 11 is 0. The molecule has 2 aliphatic rings. The second kappa shape index (κ2) is 8.96. The molecule has 0 radical (unpaired) electrons. The third-order valence-electron chi connectivity index (χ3n) is 4.84. The maximum atomic E-state index is 12.4. The number of amides is 2. The van der Waals surface area contributed by atoms with Gasteiger partial charge in [-0.15, -0.1) is 0 Å². The number of nitrogens with zero attached hydrogens (tertiary/aromatic N) is 3. The van der Waals surface area contributed by atoms with Crippen LogP contribution in [-0.4, -0.2) is 84.6 Å². The first-order valence-electron chi connectivity index (χ1n) is 9.04. The Balaban J connectivity index is 1.45. The fourth-order valence-electron chi connectivity index (χ4n) is 3.22. The molecule has 27 heavy (non-hydrogen) atoms. The van der Waals surface area contributed by atoms with Crippen molar-refractivity contribution < 1.29 is 19.1 Å². The second-order valence-corrected chi connectivity index (χ2v) is 6.64. The van der Waals surface area contributed by atoms with E-state index in [4.69, 9.17) is 9.47 Å². The summed E-state index contributed by atoms with van der Waals surface area (Å²) in [5.41, 5.74) is -0.401. The first kappa shape index (κ1) is 19.3. The molecule has 2 amide bonds. The number of carbonyl (C=O) groups is 2. The van der Waals surface area contributed by atoms with Crippen molar-refractivity contribution in [2.75, 3.05) is 53.0 Å². The van der Waals surface area contributed by atoms with E-state index < -0.39 is 5.56 Å². The molecule has 2 saturated heterocycles. The summed E-state index contributed by atoms with van der Waals surface area (Å²) < 4.78 is 10.2. The molecule has 0 saturated carbocycles. The molecule has 0 aliphatic carbocycles. The van der Waals surface area contributed by atoms with Crippen molar-refractivity contribution in [1.82, 2.24) is 25.1 Å². The quantitative estimate of drug-likeness (QED) is 0.597. The van der Waals surface area contributed by atoms with E-state index in [2.05, 4.69) is 20.2 Å². The molecule has 148 valence electrons. The van der Waals surface area contributed by atoms with Crippen LogP contribution >= 0.6 is 0 Å². The lowest BCUT2D eigenvalue weighted by molar-refractivity contribution is -0.129. The van der Waals surface area contributed by atoms with E-state index in [1.807, 2.05) is 0 Å². The molecule has 3 heterocycles. The highest BCUT2D eigenvalue weighted by atomic mass is 16.5. The van der Waals surface area contributed by atoms with Crippen molar-refractivity contribution >= 4 is 11.8 Å². The van der Waals surface area contributed by atoms with E-state index in [1.54, 1.807) is 4.90 Å². The van der Waals surface area contributed by atoms with Gasteiger partial charge < -0.3 is 24.7 Å². The highest BCUT2D eigenvalue weighted by Crippen LogP contribution is 2.18. The highest BCUT2D eigenvalue weighted by molar-refractivity contribution is 5.89. The largest absolute Gasteiger partial charge is 0.490 e. The molecule has 1 unspecified atom stereocenters. The standard InChI is InChI=1S/C17H25N5O5/c1-26-13-9-18-14(20-17(13)25)10-19-16(24)12-8-15(23)22(11-12)3-2-21-4-6-27-7-5-21/h9,12H,2-8,10-11H2,1H3,(H,19,24)(H,18,20,25). The summed E-state index contributed by atoms with van der Waals surface area (Å²) in [4.78, 5) is 46.8. The molecule has 3 rings (SSSR count). The third kappa shape index (κ3) is 5.04. The SMILES string of the molecule is COc1cnc(CNC(=O)C2CC(=O)N(CCN3CCOCC3)C2)[nH]c1=O. The van der Waals surface area contributed by atoms with Crippen LogP contribution in [0.1, 0.15) is 12.2 Å². The number of hydrogen-bond acceptors (Lipinski definition) is 7. The maximum Gasteiger partial charge on any atom is 0.293 e. The van der Waals surface area contributed by atoms with Gasteiger partial charge in [-0.2, -0.15) is 0 Å². The minimum absolute atomic E-state index is 0.000566. The third-order valence-corrected chi connectivity index (χ3v) is 4.84. The molecule has 1 aromatic rings. The van der Waals surface area contributed by atoms with Crippen molar-refractivity contribution in [3.63, 3.8) is 0 Å². The Kier molecular flexibility index (Phi) is 6.40. The Hall–Kier alpha value is -2.46. The Labute approximate surface area is 156 Å². The van der Waals surface area contributed by atoms with Gasteiger partial charge in [0.1, 0.15) is 5.82 Å². The topological polar surface area (TPSA) is 117 Å². The van der Waals surface area contributed by atoms with E-state index in [0.29, 0.717) is 18.9 Å². The van der Waals surface area contributed by atoms with Crippen molar-refractivity contribution in [3.8, 4) is 5.75 Å². The first-order chi connectivity index (χ1) is 13.1. The molecule has 2 N–H and O–H groups in total. The minimum Gasteiger partial charge on any atom is -0.490 e. The van der Waals surface area contributed by atoms with Crippen LogP contribution in [-0.2, 0) is 20.9 Å². The molecule has 2 fully saturated rings. The fourth-order valence-corrected chi connectivity index (χ4v) is 3.22. The molecule has 2 aliphatic heterocycles. The Morgan fingerprint density at radius 1 is 1.37 bits per heavy atom. The summed E-state index contributed by atoms with van der Waals surface area (Å²) in [7, 11) is 1.38. The number of methoxy groups -OCH3 is 1. The average Bonchev–Trinajstić information content (AvgIpc) is 3.06. The lowest BCUT2D eigenvalue weighted by atomic mass is 10.1. The number of aromatic nitrogens is 2. The number of carbonyl (C=O) groups excluding carboxylic acids is 2. The van der Waals surface area contributed by atoms with Gasteiger partial charge in [0.2, 0.25) is 17.6 Å². The van der Waals surface area contributed by atoms with Crippen LogP contribution in [0, 0.1) is 5.92 Å². The lowest BCUT2D eigenvalue weighted by Gasteiger charge is -2.28. The predicted octanol–water partition coefficient (Wildman–Crippen LogP) is -1.42. The Morgan fingerprint density at radius 2 is 2.15 bits per heavy atom. The molecule has 10 heteroatoms. The summed E-state index contributed by atoms with van der Waals surface area (Å²) in [6.07, 6.45) is 1.52. The summed E-state index contributed by atoms with van der Waals surface area (Å²) in [5.74, 6) is -0.146. The Bertz CT molecular complexity index is 731. The number of aromatic amines is 1. The van der Waals surface area contributed by atoms with Crippen molar-refractivity contribution in [1.29, 1.82) is 0 Å². The highest BCUT2D eigenvalue weighted by Gasteiger charge is 2.34. The summed E-state index contributed by atoms with van der Waals surface area (Å²) in [6, 6.07) is 0. The average molecular weight is 379 g/mol. The molecule has 0 spiro atoms. The number of H-pyrrole nitrogens is 1. The second-order valence-electron chi connectivity index (χ2n) is 6.64. The van der Waals surface area contributed by atoms with Gasteiger partial charge in [0.15, 0.2) is 0 Å². The van der Waals surface area contributed by atoms with Crippen LogP contribution in [0.15, 0.2) is 11.0 Å². The summed E-state index contributed by atoms with van der Waals surface area (Å²) in [6.45, 7) is 5.12. The number of ether oxygens (including phenoxy) is 2. The van der Waals surface area contributed by atoms with Gasteiger partial charge in [-0.05, 0) is 0 Å². The molecule has 0 bridgehead atoms. The number of likely N-dealkylation sites (tertiary alicyclic amines) is 1. The van der Waals surface area contributed by atoms with Gasteiger partial charge in [0.05, 0.1) is 39.0 Å². The van der Waals surface area contributed by atoms with E-state index in [1.165, 1.54) is 13.3 Å². The molecular weight excluding hydrogens is 354 g/mol. The van der Waals surface area contributed by atoms with E-state index in [-0.39, 0.29) is 36.4 Å². The van der Waals surface area contributed by atoms with Crippen molar-refractivity contribution in [2.24, 2.45) is 5.92 Å². The van der Waals surface area contributed by atoms with Crippen LogP contribution in [0.3, 0.4) is 0 Å². The number of hydrogen-bond donors (Lipinski definition) is 2. The van der Waals surface area contributed by atoms with Crippen molar-refractivity contribution in [3.05, 3.63) is 22.4 Å². The monoisotopic (exact) mass is 379 g/mol. The van der Waals surface area contributed by atoms with E-state index in [0.717, 1.165) is 32.8 Å². The van der Waals surface area contributed by atoms with Gasteiger partial charge >= 0.3 is 0 Å². The molecule has 0 aromatic carbocycles. The summed E-state index contributed by atoms with van der Waals surface area (Å²) in [5, 5.41) is 2.73. The van der Waals surface area contributed by atoms with Crippen LogP contribution in [0.2, 0.25) is 0 Å². The lowest BCUT2D eigenvalue weighted by Crippen LogP contribution is -2.42. The number of rotatable bonds is 7. The zero-order chi connectivity index (χ0) is 19.2. The minimum atomic E-state index is -0.401. The van der Waals surface area contributed by atoms with Gasteiger partial charge in [-0.1, -0.05) is 0 Å². The van der Waals surface area contributed by atoms with E-state index >= 15 is 0 Å². The molecule has 1 aromatic heterocycles.